The number of nitrogens with zero attached hydrogens (tertiary/aromatic N) is 3. The SMILES string of the molecule is CCc1nn(C)cc1CNc1ccnc(C(=O)NCc2ccccc2)c1. The van der Waals surface area contributed by atoms with Crippen molar-refractivity contribution in [2.45, 2.75) is 26.4 Å². The number of aryl methyl sites for hydroxylation is 2. The summed E-state index contributed by atoms with van der Waals surface area (Å²) in [5, 5.41) is 10.7. The number of amides is 1. The third kappa shape index (κ3) is 4.47. The second-order valence-corrected chi connectivity index (χ2v) is 6.08. The first kappa shape index (κ1) is 17.7. The largest absolute Gasteiger partial charge is 0.381 e. The van der Waals surface area contributed by atoms with E-state index < -0.39 is 0 Å². The number of benzene rings is 1. The fourth-order valence-corrected chi connectivity index (χ4v) is 2.76. The van der Waals surface area contributed by atoms with E-state index in [1.165, 1.54) is 0 Å². The Morgan fingerprint density at radius 1 is 1.15 bits per heavy atom. The highest BCUT2D eigenvalue weighted by molar-refractivity contribution is 5.93. The monoisotopic (exact) mass is 349 g/mol. The zero-order valence-corrected chi connectivity index (χ0v) is 15.1. The topological polar surface area (TPSA) is 71.8 Å². The molecule has 3 rings (SSSR count). The Labute approximate surface area is 153 Å². The number of carbonyl (C=O) groups is 1. The quantitative estimate of drug-likeness (QED) is 0.688. The number of carbonyl (C=O) groups excluding carboxylic acids is 1. The van der Waals surface area contributed by atoms with Gasteiger partial charge in [-0.05, 0) is 24.1 Å². The maximum Gasteiger partial charge on any atom is 0.270 e. The van der Waals surface area contributed by atoms with Crippen LogP contribution >= 0.6 is 0 Å². The highest BCUT2D eigenvalue weighted by atomic mass is 16.1. The summed E-state index contributed by atoms with van der Waals surface area (Å²) in [6.45, 7) is 3.23. The van der Waals surface area contributed by atoms with Crippen molar-refractivity contribution in [2.24, 2.45) is 7.05 Å². The van der Waals surface area contributed by atoms with Crippen LogP contribution in [0.4, 0.5) is 5.69 Å². The van der Waals surface area contributed by atoms with Gasteiger partial charge in [0.05, 0.1) is 5.69 Å². The maximum absolute atomic E-state index is 12.3. The summed E-state index contributed by atoms with van der Waals surface area (Å²) >= 11 is 0. The number of aromatic nitrogens is 3. The van der Waals surface area contributed by atoms with Crippen LogP contribution in [0.2, 0.25) is 0 Å². The molecular formula is C20H23N5O. The Kier molecular flexibility index (Phi) is 5.63. The lowest BCUT2D eigenvalue weighted by molar-refractivity contribution is 0.0946. The lowest BCUT2D eigenvalue weighted by Gasteiger charge is -2.08. The number of anilines is 1. The van der Waals surface area contributed by atoms with E-state index in [0.717, 1.165) is 28.9 Å². The molecule has 1 amide bonds. The first-order valence-corrected chi connectivity index (χ1v) is 8.69. The molecule has 0 radical (unpaired) electrons. The molecule has 1 aromatic carbocycles. The van der Waals surface area contributed by atoms with E-state index >= 15 is 0 Å². The van der Waals surface area contributed by atoms with E-state index in [9.17, 15) is 4.79 Å². The highest BCUT2D eigenvalue weighted by Crippen LogP contribution is 2.13. The minimum atomic E-state index is -0.187. The highest BCUT2D eigenvalue weighted by Gasteiger charge is 2.09. The van der Waals surface area contributed by atoms with Crippen molar-refractivity contribution in [3.8, 4) is 0 Å². The average Bonchev–Trinajstić information content (AvgIpc) is 3.05. The summed E-state index contributed by atoms with van der Waals surface area (Å²) in [6, 6.07) is 13.4. The van der Waals surface area contributed by atoms with Crippen LogP contribution in [0.1, 0.15) is 34.2 Å². The molecule has 0 saturated carbocycles. The molecule has 2 heterocycles. The minimum Gasteiger partial charge on any atom is -0.381 e. The minimum absolute atomic E-state index is 0.187. The first-order chi connectivity index (χ1) is 12.7. The molecule has 6 nitrogen and oxygen atoms in total. The Bertz CT molecular complexity index is 873. The molecule has 0 aliphatic carbocycles. The summed E-state index contributed by atoms with van der Waals surface area (Å²) in [5.41, 5.74) is 4.54. The Balaban J connectivity index is 1.61. The van der Waals surface area contributed by atoms with Gasteiger partial charge in [-0.25, -0.2) is 0 Å². The van der Waals surface area contributed by atoms with E-state index in [1.54, 1.807) is 12.3 Å². The fraction of sp³-hybridized carbons (Fsp3) is 0.250. The van der Waals surface area contributed by atoms with Crippen molar-refractivity contribution in [3.05, 3.63) is 77.4 Å². The van der Waals surface area contributed by atoms with Gasteiger partial charge in [0.15, 0.2) is 0 Å². The summed E-state index contributed by atoms with van der Waals surface area (Å²) in [4.78, 5) is 16.5. The Morgan fingerprint density at radius 3 is 2.73 bits per heavy atom. The van der Waals surface area contributed by atoms with E-state index in [0.29, 0.717) is 18.8 Å². The third-order valence-electron chi connectivity index (χ3n) is 4.10. The second kappa shape index (κ2) is 8.29. The number of nitrogens with one attached hydrogen (secondary N) is 2. The predicted molar refractivity (Wildman–Crippen MR) is 102 cm³/mol. The Hall–Kier alpha value is -3.15. The van der Waals surface area contributed by atoms with Gasteiger partial charge in [-0.15, -0.1) is 0 Å². The molecule has 26 heavy (non-hydrogen) atoms. The molecule has 2 N–H and O–H groups in total. The summed E-state index contributed by atoms with van der Waals surface area (Å²) in [7, 11) is 1.92. The van der Waals surface area contributed by atoms with Crippen LogP contribution in [0.15, 0.2) is 54.9 Å². The van der Waals surface area contributed by atoms with Crippen molar-refractivity contribution < 1.29 is 4.79 Å². The molecule has 134 valence electrons. The van der Waals surface area contributed by atoms with Crippen LogP contribution in [0, 0.1) is 0 Å². The van der Waals surface area contributed by atoms with Gasteiger partial charge < -0.3 is 10.6 Å². The summed E-state index contributed by atoms with van der Waals surface area (Å²) in [6.07, 6.45) is 4.55. The van der Waals surface area contributed by atoms with Crippen LogP contribution < -0.4 is 10.6 Å². The molecule has 2 aromatic heterocycles. The zero-order valence-electron chi connectivity index (χ0n) is 15.1. The lowest BCUT2D eigenvalue weighted by atomic mass is 10.2. The van der Waals surface area contributed by atoms with Gasteiger partial charge in [0.2, 0.25) is 0 Å². The molecule has 0 atom stereocenters. The molecule has 0 bridgehead atoms. The molecule has 6 heteroatoms. The maximum atomic E-state index is 12.3. The normalized spacial score (nSPS) is 10.5. The number of hydrogen-bond acceptors (Lipinski definition) is 4. The molecule has 0 unspecified atom stereocenters. The van der Waals surface area contributed by atoms with Crippen molar-refractivity contribution in [3.63, 3.8) is 0 Å². The molecule has 0 aliphatic heterocycles. The average molecular weight is 349 g/mol. The van der Waals surface area contributed by atoms with Crippen molar-refractivity contribution in [2.75, 3.05) is 5.32 Å². The van der Waals surface area contributed by atoms with Crippen molar-refractivity contribution in [1.29, 1.82) is 0 Å². The molecule has 0 fully saturated rings. The Morgan fingerprint density at radius 2 is 1.96 bits per heavy atom. The van der Waals surface area contributed by atoms with E-state index in [4.69, 9.17) is 0 Å². The second-order valence-electron chi connectivity index (χ2n) is 6.08. The molecule has 3 aromatic rings. The predicted octanol–water partition coefficient (Wildman–Crippen LogP) is 2.92. The standard InChI is InChI=1S/C20H23N5O/c1-3-18-16(14-25(2)24-18)13-22-17-9-10-21-19(11-17)20(26)23-12-15-7-5-4-6-8-15/h4-11,14H,3,12-13H2,1-2H3,(H,21,22)(H,23,26). The van der Waals surface area contributed by atoms with Crippen molar-refractivity contribution >= 4 is 11.6 Å². The van der Waals surface area contributed by atoms with Crippen LogP contribution in [-0.4, -0.2) is 20.7 Å². The number of hydrogen-bond donors (Lipinski definition) is 2. The van der Waals surface area contributed by atoms with Crippen molar-refractivity contribution in [1.82, 2.24) is 20.1 Å². The van der Waals surface area contributed by atoms with Gasteiger partial charge in [-0.3, -0.25) is 14.5 Å². The molecule has 0 spiro atoms. The van der Waals surface area contributed by atoms with Crippen LogP contribution in [-0.2, 0) is 26.6 Å². The lowest BCUT2D eigenvalue weighted by Crippen LogP contribution is -2.23. The number of rotatable bonds is 7. The summed E-state index contributed by atoms with van der Waals surface area (Å²) < 4.78 is 1.82. The van der Waals surface area contributed by atoms with E-state index in [-0.39, 0.29) is 5.91 Å². The molecule has 0 aliphatic rings. The van der Waals surface area contributed by atoms with Gasteiger partial charge in [0, 0.05) is 43.8 Å². The van der Waals surface area contributed by atoms with Gasteiger partial charge in [0.1, 0.15) is 5.69 Å². The van der Waals surface area contributed by atoms with Gasteiger partial charge in [-0.2, -0.15) is 5.10 Å². The fourth-order valence-electron chi connectivity index (χ4n) is 2.76. The van der Waals surface area contributed by atoms with Crippen LogP contribution in [0.3, 0.4) is 0 Å². The van der Waals surface area contributed by atoms with Gasteiger partial charge in [-0.1, -0.05) is 37.3 Å². The summed E-state index contributed by atoms with van der Waals surface area (Å²) in [5.74, 6) is -0.187. The zero-order chi connectivity index (χ0) is 18.4. The third-order valence-corrected chi connectivity index (χ3v) is 4.10. The molecule has 0 saturated heterocycles. The van der Waals surface area contributed by atoms with Gasteiger partial charge in [0.25, 0.3) is 5.91 Å². The van der Waals surface area contributed by atoms with Crippen LogP contribution in [0.25, 0.3) is 0 Å². The molecular weight excluding hydrogens is 326 g/mol. The smallest absolute Gasteiger partial charge is 0.270 e. The van der Waals surface area contributed by atoms with E-state index in [1.807, 2.05) is 54.3 Å². The van der Waals surface area contributed by atoms with E-state index in [2.05, 4.69) is 27.6 Å². The van der Waals surface area contributed by atoms with Crippen LogP contribution in [0.5, 0.6) is 0 Å². The number of pyridine rings is 1. The first-order valence-electron chi connectivity index (χ1n) is 8.69. The van der Waals surface area contributed by atoms with Gasteiger partial charge >= 0.3 is 0 Å².